The van der Waals surface area contributed by atoms with Crippen LogP contribution in [0.5, 0.6) is 34.5 Å². The summed E-state index contributed by atoms with van der Waals surface area (Å²) in [7, 11) is 6.57. The standard InChI is InChI=1S/C35H41NO4S.C23H18O4S/c1-4-5-6-7-20-36-21-8-9-25(23-36)24-40-29-16-10-26(11-17-29)34(37)33-31-19-18-30(39-3)22-32(31)41-35(33)27-12-14-28(38-2)15-13-27;1-26-17-9-5-15(6-10-17)23-21(22(25)14-3-7-16(24)8-4-14)19-12-11-18(27-2)13-20(19)28-23/h10-19,22,25H,4-9,20-21,23-24H2,1-3H3;3-13,24H,1-2H3. The molecule has 0 amide bonds. The molecule has 0 aliphatic carbocycles. The van der Waals surface area contributed by atoms with Crippen molar-refractivity contribution in [1.29, 1.82) is 0 Å². The quantitative estimate of drug-likeness (QED) is 0.0665. The molecule has 1 fully saturated rings. The number of phenols is 1. The fourth-order valence-electron chi connectivity index (χ4n) is 8.82. The summed E-state index contributed by atoms with van der Waals surface area (Å²) < 4.78 is 29.6. The van der Waals surface area contributed by atoms with Crippen LogP contribution in [0.25, 0.3) is 41.1 Å². The van der Waals surface area contributed by atoms with Gasteiger partial charge in [0, 0.05) is 64.6 Å². The molecule has 1 aliphatic heterocycles. The van der Waals surface area contributed by atoms with Crippen LogP contribution >= 0.6 is 22.7 Å². The zero-order chi connectivity index (χ0) is 48.3. The van der Waals surface area contributed by atoms with Gasteiger partial charge in [-0.1, -0.05) is 26.2 Å². The van der Waals surface area contributed by atoms with Crippen molar-refractivity contribution in [3.8, 4) is 55.4 Å². The van der Waals surface area contributed by atoms with E-state index in [0.29, 0.717) is 28.2 Å². The Morgan fingerprint density at radius 1 is 0.580 bits per heavy atom. The minimum absolute atomic E-state index is 0.00443. The monoisotopic (exact) mass is 961 g/mol. The Hall–Kier alpha value is -6.66. The number of thiophene rings is 2. The predicted octanol–water partition coefficient (Wildman–Crippen LogP) is 14.0. The van der Waals surface area contributed by atoms with Gasteiger partial charge >= 0.3 is 0 Å². The van der Waals surface area contributed by atoms with Gasteiger partial charge in [0.25, 0.3) is 0 Å². The molecule has 1 atom stereocenters. The maximum Gasteiger partial charge on any atom is 0.195 e. The summed E-state index contributed by atoms with van der Waals surface area (Å²) in [6, 6.07) is 41.2. The molecule has 0 saturated carbocycles. The van der Waals surface area contributed by atoms with Crippen LogP contribution in [-0.4, -0.2) is 76.3 Å². The Kier molecular flexibility index (Phi) is 16.3. The van der Waals surface area contributed by atoms with E-state index in [1.165, 1.54) is 63.7 Å². The van der Waals surface area contributed by atoms with Gasteiger partial charge in [0.15, 0.2) is 11.6 Å². The molecule has 2 aromatic heterocycles. The Morgan fingerprint density at radius 3 is 1.52 bits per heavy atom. The van der Waals surface area contributed by atoms with Crippen molar-refractivity contribution < 1.29 is 38.4 Å². The van der Waals surface area contributed by atoms with Crippen LogP contribution in [0, 0.1) is 5.92 Å². The van der Waals surface area contributed by atoms with E-state index in [2.05, 4.69) is 11.8 Å². The van der Waals surface area contributed by atoms with Crippen molar-refractivity contribution in [1.82, 2.24) is 4.90 Å². The predicted molar refractivity (Wildman–Crippen MR) is 281 cm³/mol. The SMILES string of the molecule is CCCCCCN1CCCC(COc2ccc(C(=O)c3c(-c4ccc(OC)cc4)sc4cc(OC)ccc34)cc2)C1.COc1ccc(-c2sc3cc(OC)ccc3c2C(=O)c2ccc(O)cc2)cc1. The van der Waals surface area contributed by atoms with Gasteiger partial charge in [-0.15, -0.1) is 22.7 Å². The highest BCUT2D eigenvalue weighted by atomic mass is 32.1. The molecule has 6 aromatic carbocycles. The average molecular weight is 962 g/mol. The van der Waals surface area contributed by atoms with Gasteiger partial charge < -0.3 is 33.7 Å². The summed E-state index contributed by atoms with van der Waals surface area (Å²) in [5.41, 5.74) is 4.48. The Balaban J connectivity index is 0.000000200. The number of ether oxygens (including phenoxy) is 5. The fourth-order valence-corrected chi connectivity index (χ4v) is 11.3. The van der Waals surface area contributed by atoms with Gasteiger partial charge in [-0.05, 0) is 177 Å². The highest BCUT2D eigenvalue weighted by Crippen LogP contribution is 2.43. The van der Waals surface area contributed by atoms with Crippen molar-refractivity contribution in [2.24, 2.45) is 5.92 Å². The average Bonchev–Trinajstić information content (AvgIpc) is 3.98. The molecular formula is C58H59NO8S2. The zero-order valence-electron chi connectivity index (χ0n) is 39.9. The topological polar surface area (TPSA) is 104 Å². The molecular weight excluding hydrogens is 903 g/mol. The number of carbonyl (C=O) groups is 2. The smallest absolute Gasteiger partial charge is 0.195 e. The molecule has 1 unspecified atom stereocenters. The van der Waals surface area contributed by atoms with Crippen LogP contribution in [0.3, 0.4) is 0 Å². The van der Waals surface area contributed by atoms with E-state index in [-0.39, 0.29) is 17.3 Å². The fraction of sp³-hybridized carbons (Fsp3) is 0.276. The first-order valence-corrected chi connectivity index (χ1v) is 25.2. The minimum Gasteiger partial charge on any atom is -0.508 e. The third-order valence-corrected chi connectivity index (χ3v) is 15.0. The summed E-state index contributed by atoms with van der Waals surface area (Å²) >= 11 is 3.16. The van der Waals surface area contributed by atoms with E-state index in [4.69, 9.17) is 23.7 Å². The molecule has 1 aliphatic rings. The van der Waals surface area contributed by atoms with Gasteiger partial charge in [-0.25, -0.2) is 0 Å². The first-order chi connectivity index (χ1) is 33.7. The van der Waals surface area contributed by atoms with Crippen LogP contribution < -0.4 is 23.7 Å². The van der Waals surface area contributed by atoms with Gasteiger partial charge in [0.1, 0.15) is 34.5 Å². The minimum atomic E-state index is -0.0813. The van der Waals surface area contributed by atoms with E-state index in [9.17, 15) is 14.7 Å². The summed E-state index contributed by atoms with van der Waals surface area (Å²) in [6.07, 6.45) is 7.70. The molecule has 69 heavy (non-hydrogen) atoms. The normalized spacial score (nSPS) is 13.7. The molecule has 1 saturated heterocycles. The Morgan fingerprint density at radius 2 is 1.04 bits per heavy atom. The molecule has 3 heterocycles. The lowest BCUT2D eigenvalue weighted by molar-refractivity contribution is 0.103. The number of unbranched alkanes of at least 4 members (excludes halogenated alkanes) is 3. The second-order valence-electron chi connectivity index (χ2n) is 17.2. The van der Waals surface area contributed by atoms with Crippen LogP contribution in [0.4, 0.5) is 0 Å². The Labute approximate surface area is 412 Å². The van der Waals surface area contributed by atoms with Crippen LogP contribution in [-0.2, 0) is 0 Å². The van der Waals surface area contributed by atoms with Gasteiger partial charge in [0.05, 0.1) is 35.0 Å². The number of rotatable bonds is 18. The molecule has 11 heteroatoms. The molecule has 8 aromatic rings. The molecule has 9 nitrogen and oxygen atoms in total. The van der Waals surface area contributed by atoms with Gasteiger partial charge in [-0.2, -0.15) is 0 Å². The molecule has 0 bridgehead atoms. The van der Waals surface area contributed by atoms with Crippen molar-refractivity contribution in [3.63, 3.8) is 0 Å². The second-order valence-corrected chi connectivity index (χ2v) is 19.3. The number of piperidine rings is 1. The number of aromatic hydroxyl groups is 1. The molecule has 0 radical (unpaired) electrons. The van der Waals surface area contributed by atoms with E-state index in [1.54, 1.807) is 63.2 Å². The van der Waals surface area contributed by atoms with Crippen LogP contribution in [0.2, 0.25) is 0 Å². The van der Waals surface area contributed by atoms with Gasteiger partial charge in [0.2, 0.25) is 0 Å². The third-order valence-electron chi connectivity index (χ3n) is 12.6. The van der Waals surface area contributed by atoms with E-state index < -0.39 is 0 Å². The number of likely N-dealkylation sites (tertiary alicyclic amines) is 1. The first-order valence-electron chi connectivity index (χ1n) is 23.5. The summed E-state index contributed by atoms with van der Waals surface area (Å²) in [6.45, 7) is 6.51. The molecule has 9 rings (SSSR count). The number of phenolic OH excluding ortho intramolecular Hbond substituents is 1. The molecule has 1 N–H and O–H groups in total. The number of hydrogen-bond acceptors (Lipinski definition) is 11. The summed E-state index contributed by atoms with van der Waals surface area (Å²) in [4.78, 5) is 31.8. The number of ketones is 2. The number of carbonyl (C=O) groups excluding carboxylic acids is 2. The number of benzene rings is 6. The van der Waals surface area contributed by atoms with Crippen molar-refractivity contribution in [2.75, 3.05) is 54.7 Å². The highest BCUT2D eigenvalue weighted by molar-refractivity contribution is 7.23. The van der Waals surface area contributed by atoms with E-state index in [0.717, 1.165) is 83.0 Å². The number of hydrogen-bond donors (Lipinski definition) is 1. The zero-order valence-corrected chi connectivity index (χ0v) is 41.6. The van der Waals surface area contributed by atoms with Crippen molar-refractivity contribution >= 4 is 54.4 Å². The maximum atomic E-state index is 14.0. The Bertz CT molecular complexity index is 2980. The number of methoxy groups -OCH3 is 4. The molecule has 0 spiro atoms. The lowest BCUT2D eigenvalue weighted by atomic mass is 9.97. The van der Waals surface area contributed by atoms with E-state index >= 15 is 0 Å². The van der Waals surface area contributed by atoms with Gasteiger partial charge in [-0.3, -0.25) is 9.59 Å². The number of nitrogens with zero attached hydrogens (tertiary/aromatic N) is 1. The largest absolute Gasteiger partial charge is 0.508 e. The lowest BCUT2D eigenvalue weighted by Gasteiger charge is -2.32. The number of fused-ring (bicyclic) bond motifs is 2. The van der Waals surface area contributed by atoms with Crippen molar-refractivity contribution in [3.05, 3.63) is 156 Å². The summed E-state index contributed by atoms with van der Waals surface area (Å²) in [5.74, 6) is 4.50. The van der Waals surface area contributed by atoms with Crippen LogP contribution in [0.1, 0.15) is 77.3 Å². The second kappa shape index (κ2) is 23.1. The lowest BCUT2D eigenvalue weighted by Crippen LogP contribution is -2.38. The van der Waals surface area contributed by atoms with Crippen LogP contribution in [0.15, 0.2) is 133 Å². The molecule has 356 valence electrons. The first kappa shape index (κ1) is 48.8. The summed E-state index contributed by atoms with van der Waals surface area (Å²) in [5, 5.41) is 11.4. The maximum absolute atomic E-state index is 14.0. The highest BCUT2D eigenvalue weighted by Gasteiger charge is 2.25. The third kappa shape index (κ3) is 11.6. The van der Waals surface area contributed by atoms with Crippen molar-refractivity contribution in [2.45, 2.75) is 45.4 Å². The van der Waals surface area contributed by atoms with E-state index in [1.807, 2.05) is 109 Å².